The van der Waals surface area contributed by atoms with Gasteiger partial charge < -0.3 is 10.2 Å². The standard InChI is InChI=1S/C14H16N2O4S/c1-9-8-20-10(2)13(9)14(17)16-21(18,19)12-5-3-11(7-15)4-6-12/h3-6,8H,7,15H2,1-2H3,(H,16,17). The summed E-state index contributed by atoms with van der Waals surface area (Å²) in [5, 5.41) is 0. The lowest BCUT2D eigenvalue weighted by Gasteiger charge is -2.07. The number of hydrogen-bond acceptors (Lipinski definition) is 5. The Kier molecular flexibility index (Phi) is 4.15. The summed E-state index contributed by atoms with van der Waals surface area (Å²) in [5.41, 5.74) is 7.08. The van der Waals surface area contributed by atoms with Crippen LogP contribution < -0.4 is 10.5 Å². The number of carbonyl (C=O) groups is 1. The highest BCUT2D eigenvalue weighted by Crippen LogP contribution is 2.17. The van der Waals surface area contributed by atoms with E-state index in [4.69, 9.17) is 10.2 Å². The van der Waals surface area contributed by atoms with Gasteiger partial charge in [-0.05, 0) is 31.5 Å². The molecule has 0 saturated heterocycles. The molecule has 112 valence electrons. The SMILES string of the molecule is Cc1coc(C)c1C(=O)NS(=O)(=O)c1ccc(CN)cc1. The van der Waals surface area contributed by atoms with Crippen molar-refractivity contribution in [3.05, 3.63) is 53.0 Å². The molecule has 0 bridgehead atoms. The molecule has 1 heterocycles. The number of amides is 1. The van der Waals surface area contributed by atoms with Crippen molar-refractivity contribution in [1.29, 1.82) is 0 Å². The predicted octanol–water partition coefficient (Wildman–Crippen LogP) is 1.47. The maximum Gasteiger partial charge on any atom is 0.268 e. The van der Waals surface area contributed by atoms with Crippen LogP contribution in [0.5, 0.6) is 0 Å². The molecule has 0 radical (unpaired) electrons. The zero-order valence-corrected chi connectivity index (χ0v) is 12.5. The highest BCUT2D eigenvalue weighted by molar-refractivity contribution is 7.90. The van der Waals surface area contributed by atoms with Gasteiger partial charge in [0.05, 0.1) is 16.7 Å². The van der Waals surface area contributed by atoms with Crippen LogP contribution in [0.3, 0.4) is 0 Å². The molecule has 2 aromatic rings. The zero-order chi connectivity index (χ0) is 15.6. The van der Waals surface area contributed by atoms with E-state index in [1.807, 2.05) is 4.72 Å². The number of aryl methyl sites for hydroxylation is 2. The molecule has 3 N–H and O–H groups in total. The van der Waals surface area contributed by atoms with Crippen molar-refractivity contribution in [2.75, 3.05) is 0 Å². The molecule has 0 aliphatic carbocycles. The maximum absolute atomic E-state index is 12.2. The van der Waals surface area contributed by atoms with Crippen molar-refractivity contribution in [2.45, 2.75) is 25.3 Å². The van der Waals surface area contributed by atoms with Crippen molar-refractivity contribution in [1.82, 2.24) is 4.72 Å². The molecule has 6 nitrogen and oxygen atoms in total. The average Bonchev–Trinajstić information content (AvgIpc) is 2.77. The fourth-order valence-electron chi connectivity index (χ4n) is 1.95. The second-order valence-electron chi connectivity index (χ2n) is 4.63. The molecule has 0 fully saturated rings. The van der Waals surface area contributed by atoms with Gasteiger partial charge in [0, 0.05) is 12.1 Å². The second kappa shape index (κ2) is 5.71. The monoisotopic (exact) mass is 308 g/mol. The Bertz CT molecular complexity index is 741. The van der Waals surface area contributed by atoms with Crippen LogP contribution in [-0.4, -0.2) is 14.3 Å². The quantitative estimate of drug-likeness (QED) is 0.890. The largest absolute Gasteiger partial charge is 0.469 e. The lowest BCUT2D eigenvalue weighted by Crippen LogP contribution is -2.31. The Morgan fingerprint density at radius 2 is 1.86 bits per heavy atom. The first-order valence-electron chi connectivity index (χ1n) is 6.26. The van der Waals surface area contributed by atoms with Crippen LogP contribution in [0.25, 0.3) is 0 Å². The summed E-state index contributed by atoms with van der Waals surface area (Å²) in [6, 6.07) is 6.03. The van der Waals surface area contributed by atoms with Crippen molar-refractivity contribution in [3.63, 3.8) is 0 Å². The van der Waals surface area contributed by atoms with Gasteiger partial charge in [-0.3, -0.25) is 4.79 Å². The minimum Gasteiger partial charge on any atom is -0.469 e. The molecule has 0 saturated carbocycles. The maximum atomic E-state index is 12.2. The zero-order valence-electron chi connectivity index (χ0n) is 11.7. The van der Waals surface area contributed by atoms with Crippen LogP contribution in [0.2, 0.25) is 0 Å². The molecule has 0 aliphatic heterocycles. The Balaban J connectivity index is 2.26. The van der Waals surface area contributed by atoms with E-state index in [0.29, 0.717) is 17.9 Å². The summed E-state index contributed by atoms with van der Waals surface area (Å²) >= 11 is 0. The average molecular weight is 308 g/mol. The van der Waals surface area contributed by atoms with Crippen molar-refractivity contribution >= 4 is 15.9 Å². The second-order valence-corrected chi connectivity index (χ2v) is 6.32. The predicted molar refractivity (Wildman–Crippen MR) is 77.2 cm³/mol. The smallest absolute Gasteiger partial charge is 0.268 e. The van der Waals surface area contributed by atoms with E-state index in [-0.39, 0.29) is 10.5 Å². The Hall–Kier alpha value is -2.12. The van der Waals surface area contributed by atoms with E-state index in [0.717, 1.165) is 5.56 Å². The molecule has 0 aliphatic rings. The molecule has 0 unspecified atom stereocenters. The summed E-state index contributed by atoms with van der Waals surface area (Å²) in [4.78, 5) is 12.1. The van der Waals surface area contributed by atoms with Crippen LogP contribution in [-0.2, 0) is 16.6 Å². The molecular formula is C14H16N2O4S. The van der Waals surface area contributed by atoms with Gasteiger partial charge in [-0.2, -0.15) is 0 Å². The Labute approximate surface area is 123 Å². The van der Waals surface area contributed by atoms with E-state index in [2.05, 4.69) is 0 Å². The topological polar surface area (TPSA) is 102 Å². The molecule has 1 amide bonds. The van der Waals surface area contributed by atoms with Gasteiger partial charge in [-0.1, -0.05) is 12.1 Å². The molecule has 21 heavy (non-hydrogen) atoms. The van der Waals surface area contributed by atoms with Crippen molar-refractivity contribution in [3.8, 4) is 0 Å². The number of carbonyl (C=O) groups excluding carboxylic acids is 1. The number of hydrogen-bond donors (Lipinski definition) is 2. The summed E-state index contributed by atoms with van der Waals surface area (Å²) in [6.07, 6.45) is 1.41. The van der Waals surface area contributed by atoms with Crippen molar-refractivity contribution in [2.24, 2.45) is 5.73 Å². The van der Waals surface area contributed by atoms with Crippen LogP contribution in [0.15, 0.2) is 39.8 Å². The third kappa shape index (κ3) is 3.14. The normalized spacial score (nSPS) is 11.4. The first kappa shape index (κ1) is 15.3. The van der Waals surface area contributed by atoms with Crippen LogP contribution >= 0.6 is 0 Å². The van der Waals surface area contributed by atoms with Crippen molar-refractivity contribution < 1.29 is 17.6 Å². The number of nitrogens with two attached hydrogens (primary N) is 1. The molecule has 0 atom stereocenters. The van der Waals surface area contributed by atoms with Gasteiger partial charge in [0.2, 0.25) is 0 Å². The fraction of sp³-hybridized carbons (Fsp3) is 0.214. The van der Waals surface area contributed by atoms with E-state index < -0.39 is 15.9 Å². The molecule has 2 rings (SSSR count). The first-order valence-corrected chi connectivity index (χ1v) is 7.74. The minimum absolute atomic E-state index is 0.00634. The van der Waals surface area contributed by atoms with E-state index >= 15 is 0 Å². The minimum atomic E-state index is -3.93. The Morgan fingerprint density at radius 3 is 2.33 bits per heavy atom. The third-order valence-corrected chi connectivity index (χ3v) is 4.43. The highest BCUT2D eigenvalue weighted by atomic mass is 32.2. The lowest BCUT2D eigenvalue weighted by molar-refractivity contribution is 0.0979. The molecule has 0 spiro atoms. The van der Waals surface area contributed by atoms with Gasteiger partial charge in [0.15, 0.2) is 0 Å². The summed E-state index contributed by atoms with van der Waals surface area (Å²) in [5.74, 6) is -0.333. The van der Waals surface area contributed by atoms with E-state index in [1.54, 1.807) is 26.0 Å². The molecule has 1 aromatic carbocycles. The van der Waals surface area contributed by atoms with Gasteiger partial charge >= 0.3 is 0 Å². The van der Waals surface area contributed by atoms with Crippen LogP contribution in [0.1, 0.15) is 27.2 Å². The number of sulfonamides is 1. The fourth-order valence-corrected chi connectivity index (χ4v) is 2.91. The van der Waals surface area contributed by atoms with Gasteiger partial charge in [-0.15, -0.1) is 0 Å². The van der Waals surface area contributed by atoms with Gasteiger partial charge in [-0.25, -0.2) is 13.1 Å². The first-order chi connectivity index (χ1) is 9.85. The molecule has 7 heteroatoms. The summed E-state index contributed by atoms with van der Waals surface area (Å²) in [7, 11) is -3.93. The van der Waals surface area contributed by atoms with Gasteiger partial charge in [0.1, 0.15) is 5.76 Å². The Morgan fingerprint density at radius 1 is 1.24 bits per heavy atom. The molecular weight excluding hydrogens is 292 g/mol. The third-order valence-electron chi connectivity index (χ3n) is 3.08. The number of furan rings is 1. The summed E-state index contributed by atoms with van der Waals surface area (Å²) in [6.45, 7) is 3.60. The van der Waals surface area contributed by atoms with Gasteiger partial charge in [0.25, 0.3) is 15.9 Å². The highest BCUT2D eigenvalue weighted by Gasteiger charge is 2.22. The number of nitrogens with one attached hydrogen (secondary N) is 1. The number of rotatable bonds is 4. The van der Waals surface area contributed by atoms with E-state index in [1.165, 1.54) is 18.4 Å². The molecule has 1 aromatic heterocycles. The van der Waals surface area contributed by atoms with Crippen LogP contribution in [0, 0.1) is 13.8 Å². The lowest BCUT2D eigenvalue weighted by atomic mass is 10.2. The number of benzene rings is 1. The van der Waals surface area contributed by atoms with E-state index in [9.17, 15) is 13.2 Å². The van der Waals surface area contributed by atoms with Crippen LogP contribution in [0.4, 0.5) is 0 Å². The summed E-state index contributed by atoms with van der Waals surface area (Å²) < 4.78 is 31.5.